The highest BCUT2D eigenvalue weighted by Crippen LogP contribution is 2.34. The molecule has 103 heavy (non-hydrogen) atoms. The van der Waals surface area contributed by atoms with Crippen LogP contribution in [0, 0.1) is 32.5 Å². The van der Waals surface area contributed by atoms with Gasteiger partial charge in [0.15, 0.2) is 9.84 Å². The summed E-state index contributed by atoms with van der Waals surface area (Å²) in [4.78, 5) is 59.3. The van der Waals surface area contributed by atoms with Crippen molar-refractivity contribution in [2.75, 3.05) is 102 Å². The summed E-state index contributed by atoms with van der Waals surface area (Å²) in [7, 11) is -2.90. The van der Waals surface area contributed by atoms with Gasteiger partial charge in [0.1, 0.15) is 35.0 Å². The van der Waals surface area contributed by atoms with Crippen molar-refractivity contribution < 1.29 is 34.0 Å². The maximum absolute atomic E-state index is 11.4. The van der Waals surface area contributed by atoms with E-state index in [2.05, 4.69) is 196 Å². The molecule has 12 heterocycles. The number of aromatic nitrogens is 2. The molecule has 11 aliphatic rings. The molecule has 9 N–H and O–H groups in total. The van der Waals surface area contributed by atoms with Crippen LogP contribution in [0.15, 0.2) is 115 Å². The Morgan fingerprint density at radius 1 is 0.466 bits per heavy atom. The van der Waals surface area contributed by atoms with E-state index in [1.165, 1.54) is 0 Å². The van der Waals surface area contributed by atoms with Gasteiger partial charge in [-0.3, -0.25) is 34.9 Å². The van der Waals surface area contributed by atoms with Gasteiger partial charge in [-0.15, -0.1) is 0 Å². The van der Waals surface area contributed by atoms with Crippen LogP contribution in [0.2, 0.25) is 0 Å². The predicted molar refractivity (Wildman–Crippen MR) is 419 cm³/mol. The smallest absolute Gasteiger partial charge is 0.223 e. The zero-order valence-electron chi connectivity index (χ0n) is 65.2. The molecule has 1 aromatic heterocycles. The average Bonchev–Trinajstić information content (AvgIpc) is 1.72. The first-order valence-electron chi connectivity index (χ1n) is 36.0. The minimum Gasteiger partial charge on any atom is -0.394 e. The van der Waals surface area contributed by atoms with Crippen LogP contribution in [-0.4, -0.2) is 268 Å². The van der Waals surface area contributed by atoms with Crippen LogP contribution in [0.5, 0.6) is 0 Å². The summed E-state index contributed by atoms with van der Waals surface area (Å²) in [5.74, 6) is 5.99. The number of rotatable bonds is 14. The van der Waals surface area contributed by atoms with Gasteiger partial charge in [0.25, 0.3) is 0 Å². The molecule has 4 unspecified atom stereocenters. The number of fused-ring (bicyclic) bond motifs is 6. The molecule has 0 amide bonds. The number of anilines is 1. The van der Waals surface area contributed by atoms with Gasteiger partial charge in [0.2, 0.25) is 5.62 Å². The first kappa shape index (κ1) is 83.0. The van der Waals surface area contributed by atoms with Crippen LogP contribution in [-0.2, 0) is 21.8 Å². The van der Waals surface area contributed by atoms with Crippen molar-refractivity contribution in [1.29, 1.82) is 5.41 Å². The maximum Gasteiger partial charge on any atom is 0.223 e. The Morgan fingerprint density at radius 3 is 1.06 bits per heavy atom. The van der Waals surface area contributed by atoms with Crippen molar-refractivity contribution in [3.05, 3.63) is 76.2 Å². The van der Waals surface area contributed by atoms with E-state index in [0.29, 0.717) is 26.2 Å². The van der Waals surface area contributed by atoms with Crippen molar-refractivity contribution >= 4 is 76.5 Å². The predicted octanol–water partition coefficient (Wildman–Crippen LogP) is 6.01. The number of aliphatic imine (C=N–C) groups is 10. The lowest BCUT2D eigenvalue weighted by Crippen LogP contribution is -2.39. The van der Waals surface area contributed by atoms with Gasteiger partial charge in [0, 0.05) is 121 Å². The van der Waals surface area contributed by atoms with Crippen LogP contribution in [0.25, 0.3) is 0 Å². The van der Waals surface area contributed by atoms with Gasteiger partial charge in [-0.25, -0.2) is 38.4 Å². The summed E-state index contributed by atoms with van der Waals surface area (Å²) in [6.07, 6.45) is 19.3. The third kappa shape index (κ3) is 24.1. The second-order valence-electron chi connectivity index (χ2n) is 34.3. The summed E-state index contributed by atoms with van der Waals surface area (Å²) < 4.78 is 24.6. The fraction of sp³-hybridized carbons (Fsp3) is 0.676. The molecular formula is C74H121N21O7S. The minimum atomic E-state index is -2.90. The van der Waals surface area contributed by atoms with E-state index in [-0.39, 0.29) is 112 Å². The number of amidine groups is 5. The molecule has 0 spiro atoms. The molecule has 28 nitrogen and oxygen atoms in total. The summed E-state index contributed by atoms with van der Waals surface area (Å²) in [6, 6.07) is 2.33. The van der Waals surface area contributed by atoms with E-state index in [0.717, 1.165) is 108 Å². The number of hydrogen-bond acceptors (Lipinski definition) is 27. The third-order valence-electron chi connectivity index (χ3n) is 17.7. The fourth-order valence-electron chi connectivity index (χ4n) is 11.3. The van der Waals surface area contributed by atoms with Gasteiger partial charge in [-0.1, -0.05) is 132 Å². The molecule has 12 rings (SSSR count). The lowest BCUT2D eigenvalue weighted by Gasteiger charge is -2.25. The number of sulfone groups is 1. The van der Waals surface area contributed by atoms with Crippen LogP contribution >= 0.6 is 0 Å². The largest absolute Gasteiger partial charge is 0.394 e. The van der Waals surface area contributed by atoms with Gasteiger partial charge in [-0.05, 0) is 13.8 Å². The summed E-state index contributed by atoms with van der Waals surface area (Å²) in [6.45, 7) is 50.9. The highest BCUT2D eigenvalue weighted by atomic mass is 32.2. The molecule has 0 aromatic carbocycles. The Bertz CT molecular complexity index is 3650. The van der Waals surface area contributed by atoms with Crippen LogP contribution < -0.4 is 21.6 Å². The highest BCUT2D eigenvalue weighted by Gasteiger charge is 2.34. The quantitative estimate of drug-likeness (QED) is 0.0963. The van der Waals surface area contributed by atoms with Gasteiger partial charge >= 0.3 is 0 Å². The topological polar surface area (TPSA) is 353 Å². The molecule has 570 valence electrons. The summed E-state index contributed by atoms with van der Waals surface area (Å²) in [5, 5.41) is 63.4. The lowest BCUT2D eigenvalue weighted by molar-refractivity contribution is 0.0796. The fourth-order valence-corrected chi connectivity index (χ4v) is 12.0. The van der Waals surface area contributed by atoms with Crippen molar-refractivity contribution in [3.63, 3.8) is 0 Å². The number of nitrogens with one attached hydrogen (secondary N) is 4. The number of aliphatic hydroxyl groups excluding tert-OH is 4. The molecule has 0 aliphatic carbocycles. The zero-order valence-corrected chi connectivity index (χ0v) is 66.0. The zero-order chi connectivity index (χ0) is 76.4. The minimum absolute atomic E-state index is 0.00104. The summed E-state index contributed by atoms with van der Waals surface area (Å²) >= 11 is 0. The Labute approximate surface area is 612 Å². The molecule has 1 aromatic rings. The standard InChI is InChI=1S/C15H26N4O2S.C15H26N4O.C11H18N4O.3C11H17N3O/c1-5-22(20,21)7-6-16-9-12-10-19-11-17-13(15(2,3)4)8-14(19)18-12;1-14(2,3)12-6-13-18-11(8-19(13)10-17-12)7-16-9-15(4,5)20;1-11(2,3)8-4-9-13-7(6-16)5-15(9)10(12)14-8;3*1-11(2,3)9-4-10-13-8(6-15)5-14(10)7-12-9/h8,11-12,16H,5-7,9-10H2,1-4H3;6,10-11,16,20H,7-9H2,1-5H3;4,7,12-13,16H,5-6H2,1-3H3;3*4,7-8,15H,5-6H2,1-3H3/t;;;2*8-;/m...10./s1. The van der Waals surface area contributed by atoms with Gasteiger partial charge in [0.05, 0.1) is 160 Å². The molecule has 0 bridgehead atoms. The maximum atomic E-state index is 11.4. The number of nitrogens with zero attached hydrogens (tertiary/aromatic N) is 17. The van der Waals surface area contributed by atoms with E-state index in [1.54, 1.807) is 25.3 Å². The number of aliphatic hydroxyl groups is 5. The SMILES string of the molecule is CC(C)(C)C1=CC2=NC(CO)CN2C=N1.CC(C)(C)C1=CC2=N[C@@H](CO)CN2C=N1.CC(C)(C)C1=CC2=N[C@H](CO)CN2C=N1.CC(C)(C)c1cc2n(c(=N)n1)CC(CO)N2.CC(C)(O)CNCC1CN2C=NC(C(C)(C)C)=CC2=N1.CCS(=O)(=O)CCNCC1CN2C=NC(C(C)(C)C)=CC2=N1. The molecule has 6 atom stereocenters. The van der Waals surface area contributed by atoms with Crippen LogP contribution in [0.1, 0.15) is 151 Å². The van der Waals surface area contributed by atoms with E-state index in [1.807, 2.05) is 81.7 Å². The van der Waals surface area contributed by atoms with Crippen molar-refractivity contribution in [2.45, 2.75) is 199 Å². The van der Waals surface area contributed by atoms with Crippen molar-refractivity contribution in [2.24, 2.45) is 77.0 Å². The molecule has 0 fully saturated rings. The molecule has 0 saturated heterocycles. The normalized spacial score (nSPS) is 23.0. The van der Waals surface area contributed by atoms with E-state index in [9.17, 15) is 13.5 Å². The first-order chi connectivity index (χ1) is 47.8. The van der Waals surface area contributed by atoms with Crippen molar-refractivity contribution in [1.82, 2.24) is 44.7 Å². The molecule has 29 heteroatoms. The number of allylic oxidation sites excluding steroid dienone is 5. The van der Waals surface area contributed by atoms with Gasteiger partial charge in [-0.2, -0.15) is 0 Å². The Morgan fingerprint density at radius 2 is 0.777 bits per heavy atom. The van der Waals surface area contributed by atoms with Gasteiger partial charge < -0.3 is 66.0 Å². The molecular weight excluding hydrogens is 1330 g/mol. The molecule has 0 radical (unpaired) electrons. The van der Waals surface area contributed by atoms with Crippen LogP contribution in [0.4, 0.5) is 5.82 Å². The van der Waals surface area contributed by atoms with Crippen molar-refractivity contribution in [3.8, 4) is 0 Å². The Hall–Kier alpha value is -7.25. The second kappa shape index (κ2) is 33.9. The number of hydrogen-bond donors (Lipinski definition) is 9. The second-order valence-corrected chi connectivity index (χ2v) is 36.7. The highest BCUT2D eigenvalue weighted by molar-refractivity contribution is 7.91. The third-order valence-corrected chi connectivity index (χ3v) is 19.4. The lowest BCUT2D eigenvalue weighted by atomic mass is 9.91. The van der Waals surface area contributed by atoms with E-state index in [4.69, 9.17) is 35.8 Å². The molecule has 0 saturated carbocycles. The van der Waals surface area contributed by atoms with E-state index < -0.39 is 15.4 Å². The van der Waals surface area contributed by atoms with Crippen LogP contribution in [0.3, 0.4) is 0 Å². The van der Waals surface area contributed by atoms with E-state index >= 15 is 0 Å². The molecule has 11 aliphatic heterocycles. The average molecular weight is 1450 g/mol. The monoisotopic (exact) mass is 1450 g/mol. The summed E-state index contributed by atoms with van der Waals surface area (Å²) in [5.41, 5.74) is 5.81. The first-order valence-corrected chi connectivity index (χ1v) is 37.9. The Balaban J connectivity index is 0.000000174. The Kier molecular flexibility index (Phi) is 27.3.